The summed E-state index contributed by atoms with van der Waals surface area (Å²) in [5.41, 5.74) is 4.32. The number of rotatable bonds is 0. The Morgan fingerprint density at radius 3 is 0.885 bits per heavy atom. The smallest absolute Gasteiger partial charge is 0.187 e. The van der Waals surface area contributed by atoms with Crippen LogP contribution in [0, 0.1) is 31.3 Å². The van der Waals surface area contributed by atoms with Crippen LogP contribution in [0.3, 0.4) is 0 Å². The second kappa shape index (κ2) is 19.0. The molecule has 0 aliphatic carbocycles. The number of para-hydroxylation sites is 1. The quantitative estimate of drug-likeness (QED) is 0.0983. The largest absolute Gasteiger partial charge is 0.366 e. The van der Waals surface area contributed by atoms with Crippen molar-refractivity contribution < 1.29 is 33.5 Å². The third kappa shape index (κ3) is 10.5. The van der Waals surface area contributed by atoms with E-state index >= 15 is 0 Å². The average Bonchev–Trinajstić information content (AvgIpc) is 3.19. The maximum atomic E-state index is 13.6. The van der Waals surface area contributed by atoms with E-state index in [9.17, 15) is 13.7 Å². The van der Waals surface area contributed by atoms with Gasteiger partial charge in [0.2, 0.25) is 0 Å². The zero-order valence-electron chi connectivity index (χ0n) is 28.6. The summed E-state index contributed by atoms with van der Waals surface area (Å²) in [6, 6.07) is 42.9. The summed E-state index contributed by atoms with van der Waals surface area (Å²) in [4.78, 5) is 16.7. The first kappa shape index (κ1) is 41.5. The van der Waals surface area contributed by atoms with Crippen molar-refractivity contribution in [3.05, 3.63) is 181 Å². The molecule has 0 saturated heterocycles. The van der Waals surface area contributed by atoms with Gasteiger partial charge in [0, 0.05) is 39.8 Å². The normalized spacial score (nSPS) is 18.9. The third-order valence-electron chi connectivity index (χ3n) is 7.50. The molecule has 0 radical (unpaired) electrons. The molecule has 3 aromatic heterocycles. The first-order chi connectivity index (χ1) is 24.4. The Morgan fingerprint density at radius 1 is 0.442 bits per heavy atom. The topological polar surface area (TPSA) is 94.2 Å². The zero-order valence-corrected chi connectivity index (χ0v) is 33.8. The van der Waals surface area contributed by atoms with Crippen LogP contribution in [-0.4, -0.2) is 34.9 Å². The number of fused-ring (bicyclic) bond motifs is 6. The van der Waals surface area contributed by atoms with E-state index in [0.29, 0.717) is 38.3 Å². The van der Waals surface area contributed by atoms with Gasteiger partial charge in [-0.1, -0.05) is 84.9 Å². The molecule has 7 nitrogen and oxygen atoms in total. The number of aromatic nitrogens is 3. The van der Waals surface area contributed by atoms with Crippen molar-refractivity contribution in [3.63, 3.8) is 0 Å². The number of hydrogen-bond acceptors (Lipinski definition) is 6. The van der Waals surface area contributed by atoms with Gasteiger partial charge in [-0.2, -0.15) is 0 Å². The third-order valence-corrected chi connectivity index (χ3v) is 14.2. The summed E-state index contributed by atoms with van der Waals surface area (Å²) in [6.07, 6.45) is 13.4. The monoisotopic (exact) mass is 914 g/mol. The van der Waals surface area contributed by atoms with Gasteiger partial charge in [-0.25, -0.2) is 19.8 Å². The molecule has 3 aromatic carbocycles. The van der Waals surface area contributed by atoms with Gasteiger partial charge in [0.1, 0.15) is 32.6 Å². The number of hydrogen-bond donors (Lipinski definition) is 0. The molecule has 0 amide bonds. The fraction of sp³-hybridized carbons (Fsp3) is 0.0732. The minimum Gasteiger partial charge on any atom is -0.366 e. The van der Waals surface area contributed by atoms with Crippen LogP contribution in [0.4, 0.5) is 5.69 Å². The molecule has 1 aliphatic heterocycles. The second-order valence-electron chi connectivity index (χ2n) is 11.3. The zero-order chi connectivity index (χ0) is 36.9. The van der Waals surface area contributed by atoms with Gasteiger partial charge < -0.3 is 26.5 Å². The van der Waals surface area contributed by atoms with E-state index in [1.54, 1.807) is 86.7 Å². The van der Waals surface area contributed by atoms with Gasteiger partial charge in [-0.05, 0) is 36.4 Å². The van der Waals surface area contributed by atoms with Crippen LogP contribution >= 0.6 is 21.4 Å². The number of pyridine rings is 3. The molecule has 7 rings (SSSR count). The predicted octanol–water partition coefficient (Wildman–Crippen LogP) is 6.50. The van der Waals surface area contributed by atoms with Crippen molar-refractivity contribution in [1.82, 2.24) is 15.0 Å². The van der Waals surface area contributed by atoms with E-state index in [2.05, 4.69) is 31.6 Å². The summed E-state index contributed by atoms with van der Waals surface area (Å²) in [5.74, 6) is 4.55. The van der Waals surface area contributed by atoms with Crippen LogP contribution in [0.15, 0.2) is 146 Å². The van der Waals surface area contributed by atoms with E-state index in [4.69, 9.17) is 19.4 Å². The second-order valence-corrected chi connectivity index (χ2v) is 19.6. The molecule has 4 heterocycles. The standard InChI is InChI=1S/C18H18N3O3P3.2C8H5.C7H5N.Os/c1-25(22)13-7-4-9-15(19-13)26(2,23)17-11-6-12-18(21-17)27(3,24)16-10-5-8-14(25)20-16;2*1-2-8-6-4-3-5-7-8;1-8-7-5-3-2-4-6-7;/h4-12H,1-3H3;2*3-7H;2-6H;/q;2*-1;;. The predicted molar refractivity (Wildman–Crippen MR) is 209 cm³/mol. The Morgan fingerprint density at radius 2 is 0.692 bits per heavy atom. The van der Waals surface area contributed by atoms with Gasteiger partial charge in [0.05, 0.1) is 6.57 Å². The Bertz CT molecular complexity index is 2050. The number of nitrogens with zero attached hydrogens (tertiary/aromatic N) is 4. The maximum absolute atomic E-state index is 13.6. The van der Waals surface area contributed by atoms with Crippen molar-refractivity contribution >= 4 is 59.7 Å². The maximum Gasteiger partial charge on any atom is 0.187 e. The van der Waals surface area contributed by atoms with Crippen LogP contribution in [0.2, 0.25) is 0 Å². The van der Waals surface area contributed by atoms with Crippen LogP contribution in [0.25, 0.3) is 4.85 Å². The van der Waals surface area contributed by atoms with Crippen molar-refractivity contribution in [2.75, 3.05) is 20.0 Å². The van der Waals surface area contributed by atoms with Gasteiger partial charge in [-0.15, -0.1) is 35.4 Å². The fourth-order valence-corrected chi connectivity index (χ4v) is 9.52. The molecule has 6 aromatic rings. The minimum absolute atomic E-state index is 0. The van der Waals surface area contributed by atoms with Gasteiger partial charge in [0.15, 0.2) is 27.1 Å². The SMILES string of the molecule is CP1(=O)c2cccc(n2)P(C)(=O)c2cccc(n2)P(C)(=O)c2cccc1n2.[C-]#Cc1ccccc1.[C-]#Cc1ccccc1.[C-]#[N+]c1ccccc1.[Os]. The first-order valence-corrected chi connectivity index (χ1v) is 21.9. The summed E-state index contributed by atoms with van der Waals surface area (Å²) in [7, 11) is -9.45. The van der Waals surface area contributed by atoms with Crippen molar-refractivity contribution in [1.29, 1.82) is 0 Å². The molecule has 6 bridgehead atoms. The fourth-order valence-electron chi connectivity index (χ4n) is 4.56. The molecule has 0 atom stereocenters. The van der Waals surface area contributed by atoms with Crippen molar-refractivity contribution in [3.8, 4) is 11.8 Å². The Hall–Kier alpha value is -4.95. The summed E-state index contributed by atoms with van der Waals surface area (Å²) >= 11 is 0. The Labute approximate surface area is 319 Å². The molecule has 1 aliphatic rings. The molecule has 0 N–H and O–H groups in total. The van der Waals surface area contributed by atoms with Gasteiger partial charge >= 0.3 is 0 Å². The van der Waals surface area contributed by atoms with E-state index in [0.717, 1.165) is 11.1 Å². The summed E-state index contributed by atoms with van der Waals surface area (Å²) < 4.78 is 40.7. The van der Waals surface area contributed by atoms with Crippen molar-refractivity contribution in [2.45, 2.75) is 0 Å². The van der Waals surface area contributed by atoms with E-state index in [1.807, 2.05) is 78.9 Å². The summed E-state index contributed by atoms with van der Waals surface area (Å²) in [5, 5.41) is 0. The van der Waals surface area contributed by atoms with Crippen LogP contribution < -0.4 is 32.6 Å². The van der Waals surface area contributed by atoms with Crippen LogP contribution in [0.5, 0.6) is 0 Å². The molecule has 52 heavy (non-hydrogen) atoms. The molecule has 0 saturated carbocycles. The molecule has 0 spiro atoms. The van der Waals surface area contributed by atoms with Crippen LogP contribution in [0.1, 0.15) is 11.1 Å². The summed E-state index contributed by atoms with van der Waals surface area (Å²) in [6.45, 7) is 11.3. The number of benzene rings is 3. The average molecular weight is 913 g/mol. The minimum atomic E-state index is -3.15. The Kier molecular flexibility index (Phi) is 15.2. The molecular weight excluding hydrogens is 880 g/mol. The van der Waals surface area contributed by atoms with E-state index in [-0.39, 0.29) is 19.8 Å². The Balaban J connectivity index is 0.000000236. The molecular formula is C41H33N4O3OsP3-2. The molecule has 0 fully saturated rings. The van der Waals surface area contributed by atoms with Crippen molar-refractivity contribution in [2.24, 2.45) is 0 Å². The van der Waals surface area contributed by atoms with Gasteiger partial charge in [-0.3, -0.25) is 11.8 Å². The molecule has 11 heteroatoms. The van der Waals surface area contributed by atoms with Gasteiger partial charge in [0.25, 0.3) is 0 Å². The van der Waals surface area contributed by atoms with E-state index in [1.165, 1.54) is 0 Å². The molecule has 260 valence electrons. The van der Waals surface area contributed by atoms with E-state index < -0.39 is 21.4 Å². The first-order valence-electron chi connectivity index (χ1n) is 15.5. The van der Waals surface area contributed by atoms with Crippen LogP contribution in [-0.2, 0) is 33.5 Å². The molecule has 0 unspecified atom stereocenters.